The molecule has 98 valence electrons. The number of hydrogen-bond donors (Lipinski definition) is 2. The van der Waals surface area contributed by atoms with Crippen molar-refractivity contribution >= 4 is 0 Å². The molecule has 1 heterocycles. The molecule has 2 rings (SSSR count). The van der Waals surface area contributed by atoms with E-state index < -0.39 is 11.6 Å². The van der Waals surface area contributed by atoms with Crippen LogP contribution in [-0.4, -0.2) is 9.97 Å². The van der Waals surface area contributed by atoms with Gasteiger partial charge in [0.1, 0.15) is 17.5 Å². The Kier molecular flexibility index (Phi) is 3.88. The summed E-state index contributed by atoms with van der Waals surface area (Å²) in [6, 6.07) is 3.60. The smallest absolute Gasteiger partial charge is 0.131 e. The standard InChI is InChI=1S/C13H12F2N4/c1-8(13-17-2-3-18-13)19-7-10-11(14)4-9(6-16)5-12(10)15/h2-5,8,19H,7H2,1H3,(H,17,18). The van der Waals surface area contributed by atoms with Gasteiger partial charge in [-0.05, 0) is 19.1 Å². The summed E-state index contributed by atoms with van der Waals surface area (Å²) in [6.07, 6.45) is 3.28. The van der Waals surface area contributed by atoms with Gasteiger partial charge in [-0.1, -0.05) is 0 Å². The fraction of sp³-hybridized carbons (Fsp3) is 0.231. The molecule has 19 heavy (non-hydrogen) atoms. The third-order valence-electron chi connectivity index (χ3n) is 2.78. The Hall–Kier alpha value is -2.26. The van der Waals surface area contributed by atoms with Crippen molar-refractivity contribution in [1.29, 1.82) is 5.26 Å². The molecule has 6 heteroatoms. The lowest BCUT2D eigenvalue weighted by Crippen LogP contribution is -2.20. The zero-order valence-electron chi connectivity index (χ0n) is 10.2. The maximum atomic E-state index is 13.6. The predicted molar refractivity (Wildman–Crippen MR) is 64.9 cm³/mol. The van der Waals surface area contributed by atoms with Crippen molar-refractivity contribution in [3.63, 3.8) is 0 Å². The molecule has 2 N–H and O–H groups in total. The number of nitrogens with one attached hydrogen (secondary N) is 2. The van der Waals surface area contributed by atoms with Gasteiger partial charge in [0.05, 0.1) is 17.7 Å². The molecule has 1 aromatic heterocycles. The van der Waals surface area contributed by atoms with Gasteiger partial charge < -0.3 is 10.3 Å². The highest BCUT2D eigenvalue weighted by Crippen LogP contribution is 2.16. The van der Waals surface area contributed by atoms with Crippen LogP contribution in [0.5, 0.6) is 0 Å². The summed E-state index contributed by atoms with van der Waals surface area (Å²) >= 11 is 0. The van der Waals surface area contributed by atoms with Crippen molar-refractivity contribution in [2.75, 3.05) is 0 Å². The predicted octanol–water partition coefficient (Wildman–Crippen LogP) is 2.41. The van der Waals surface area contributed by atoms with Crippen LogP contribution < -0.4 is 5.32 Å². The molecule has 4 nitrogen and oxygen atoms in total. The number of H-pyrrole nitrogens is 1. The van der Waals surface area contributed by atoms with Gasteiger partial charge in [0.25, 0.3) is 0 Å². The first-order chi connectivity index (χ1) is 9.11. The third-order valence-corrected chi connectivity index (χ3v) is 2.78. The first-order valence-electron chi connectivity index (χ1n) is 5.72. The van der Waals surface area contributed by atoms with E-state index in [-0.39, 0.29) is 23.7 Å². The summed E-state index contributed by atoms with van der Waals surface area (Å²) in [6.45, 7) is 1.85. The van der Waals surface area contributed by atoms with E-state index in [0.717, 1.165) is 12.1 Å². The molecular weight excluding hydrogens is 250 g/mol. The van der Waals surface area contributed by atoms with E-state index in [4.69, 9.17) is 5.26 Å². The molecule has 2 aromatic rings. The van der Waals surface area contributed by atoms with E-state index in [1.54, 1.807) is 18.5 Å². The second-order valence-corrected chi connectivity index (χ2v) is 4.11. The summed E-state index contributed by atoms with van der Waals surface area (Å²) in [4.78, 5) is 6.97. The Bertz CT molecular complexity index is 579. The Morgan fingerprint density at radius 2 is 2.11 bits per heavy atom. The number of halogens is 2. The highest BCUT2D eigenvalue weighted by Gasteiger charge is 2.13. The molecule has 0 aliphatic heterocycles. The maximum absolute atomic E-state index is 13.6. The first kappa shape index (κ1) is 13.2. The normalized spacial score (nSPS) is 12.1. The fourth-order valence-corrected chi connectivity index (χ4v) is 1.70. The fourth-order valence-electron chi connectivity index (χ4n) is 1.70. The van der Waals surface area contributed by atoms with Crippen LogP contribution in [0.15, 0.2) is 24.5 Å². The summed E-state index contributed by atoms with van der Waals surface area (Å²) in [5, 5.41) is 11.6. The van der Waals surface area contributed by atoms with Crippen LogP contribution in [0.3, 0.4) is 0 Å². The molecule has 1 atom stereocenters. The van der Waals surface area contributed by atoms with E-state index in [1.807, 2.05) is 6.92 Å². The van der Waals surface area contributed by atoms with Gasteiger partial charge in [0.15, 0.2) is 0 Å². The monoisotopic (exact) mass is 262 g/mol. The van der Waals surface area contributed by atoms with Gasteiger partial charge >= 0.3 is 0 Å². The van der Waals surface area contributed by atoms with Crippen molar-refractivity contribution in [2.45, 2.75) is 19.5 Å². The van der Waals surface area contributed by atoms with Crippen molar-refractivity contribution in [3.05, 3.63) is 53.1 Å². The largest absolute Gasteiger partial charge is 0.347 e. The quantitative estimate of drug-likeness (QED) is 0.889. The number of aromatic nitrogens is 2. The van der Waals surface area contributed by atoms with Crippen LogP contribution >= 0.6 is 0 Å². The Morgan fingerprint density at radius 1 is 1.42 bits per heavy atom. The lowest BCUT2D eigenvalue weighted by atomic mass is 10.1. The third kappa shape index (κ3) is 2.95. The van der Waals surface area contributed by atoms with Crippen molar-refractivity contribution in [1.82, 2.24) is 15.3 Å². The molecule has 1 unspecified atom stereocenters. The molecule has 0 saturated carbocycles. The van der Waals surface area contributed by atoms with Gasteiger partial charge in [-0.3, -0.25) is 0 Å². The molecular formula is C13H12F2N4. The van der Waals surface area contributed by atoms with Gasteiger partial charge in [-0.25, -0.2) is 13.8 Å². The minimum atomic E-state index is -0.726. The van der Waals surface area contributed by atoms with E-state index in [9.17, 15) is 8.78 Å². The molecule has 1 aromatic carbocycles. The van der Waals surface area contributed by atoms with Crippen LogP contribution in [0.1, 0.15) is 29.9 Å². The first-order valence-corrected chi connectivity index (χ1v) is 5.72. The van der Waals surface area contributed by atoms with Crippen molar-refractivity contribution < 1.29 is 8.78 Å². The summed E-state index contributed by atoms with van der Waals surface area (Å²) < 4.78 is 27.3. The molecule has 0 amide bonds. The highest BCUT2D eigenvalue weighted by atomic mass is 19.1. The zero-order chi connectivity index (χ0) is 13.8. The van der Waals surface area contributed by atoms with Crippen LogP contribution in [0.4, 0.5) is 8.78 Å². The number of benzene rings is 1. The highest BCUT2D eigenvalue weighted by molar-refractivity contribution is 5.34. The summed E-state index contributed by atoms with van der Waals surface area (Å²) in [5.41, 5.74) is -0.116. The Labute approximate surface area is 109 Å². The van der Waals surface area contributed by atoms with E-state index >= 15 is 0 Å². The molecule has 0 bridgehead atoms. The summed E-state index contributed by atoms with van der Waals surface area (Å²) in [7, 11) is 0. The van der Waals surface area contributed by atoms with Crippen LogP contribution in [0, 0.1) is 23.0 Å². The second kappa shape index (κ2) is 5.59. The molecule has 0 fully saturated rings. The van der Waals surface area contributed by atoms with Gasteiger partial charge in [-0.2, -0.15) is 5.26 Å². The van der Waals surface area contributed by atoms with E-state index in [0.29, 0.717) is 5.82 Å². The summed E-state index contributed by atoms with van der Waals surface area (Å²) in [5.74, 6) is -0.763. The SMILES string of the molecule is CC(NCc1c(F)cc(C#N)cc1F)c1ncc[nH]1. The minimum Gasteiger partial charge on any atom is -0.347 e. The average molecular weight is 262 g/mol. The number of nitriles is 1. The van der Waals surface area contributed by atoms with Crippen molar-refractivity contribution in [2.24, 2.45) is 0 Å². The molecule has 0 radical (unpaired) electrons. The molecule has 0 spiro atoms. The number of hydrogen-bond acceptors (Lipinski definition) is 3. The molecule has 0 saturated heterocycles. The number of imidazole rings is 1. The topological polar surface area (TPSA) is 64.5 Å². The number of aromatic amines is 1. The second-order valence-electron chi connectivity index (χ2n) is 4.11. The zero-order valence-corrected chi connectivity index (χ0v) is 10.2. The Morgan fingerprint density at radius 3 is 2.63 bits per heavy atom. The van der Waals surface area contributed by atoms with E-state index in [2.05, 4.69) is 15.3 Å². The Balaban J connectivity index is 2.10. The lowest BCUT2D eigenvalue weighted by Gasteiger charge is -2.12. The molecule has 0 aliphatic rings. The lowest BCUT2D eigenvalue weighted by molar-refractivity contribution is 0.499. The number of rotatable bonds is 4. The minimum absolute atomic E-state index is 0.0191. The molecule has 0 aliphatic carbocycles. The van der Waals surface area contributed by atoms with Crippen LogP contribution in [0.2, 0.25) is 0 Å². The number of nitrogens with zero attached hydrogens (tertiary/aromatic N) is 2. The average Bonchev–Trinajstić information content (AvgIpc) is 2.91. The van der Waals surface area contributed by atoms with Crippen LogP contribution in [-0.2, 0) is 6.54 Å². The maximum Gasteiger partial charge on any atom is 0.131 e. The van der Waals surface area contributed by atoms with Gasteiger partial charge in [0.2, 0.25) is 0 Å². The van der Waals surface area contributed by atoms with Crippen molar-refractivity contribution in [3.8, 4) is 6.07 Å². The van der Waals surface area contributed by atoms with E-state index in [1.165, 1.54) is 0 Å². The van der Waals surface area contributed by atoms with Gasteiger partial charge in [0, 0.05) is 24.5 Å². The van der Waals surface area contributed by atoms with Crippen LogP contribution in [0.25, 0.3) is 0 Å². The van der Waals surface area contributed by atoms with Gasteiger partial charge in [-0.15, -0.1) is 0 Å².